The SMILES string of the molecule is COc1ccc2[nH]nc(-c3cccc(NC(=O)CCCC(=O)Nc4cccc(-c5n[nH]c6ccc(OC)cc56)c4)c3)c2c1. The Labute approximate surface area is 247 Å². The van der Waals surface area contributed by atoms with Gasteiger partial charge in [-0.2, -0.15) is 10.2 Å². The number of ether oxygens (including phenoxy) is 2. The Morgan fingerprint density at radius 2 is 1.12 bits per heavy atom. The number of hydrogen-bond donors (Lipinski definition) is 4. The molecule has 2 heterocycles. The lowest BCUT2D eigenvalue weighted by Crippen LogP contribution is -2.15. The van der Waals surface area contributed by atoms with E-state index < -0.39 is 0 Å². The van der Waals surface area contributed by atoms with Gasteiger partial charge < -0.3 is 20.1 Å². The van der Waals surface area contributed by atoms with Gasteiger partial charge in [0.25, 0.3) is 0 Å². The summed E-state index contributed by atoms with van der Waals surface area (Å²) in [7, 11) is 3.25. The molecule has 10 nitrogen and oxygen atoms in total. The number of nitrogens with zero attached hydrogens (tertiary/aromatic N) is 2. The average molecular weight is 575 g/mol. The first-order chi connectivity index (χ1) is 21.0. The molecule has 43 heavy (non-hydrogen) atoms. The minimum Gasteiger partial charge on any atom is -0.497 e. The summed E-state index contributed by atoms with van der Waals surface area (Å²) in [5.41, 5.74) is 6.37. The van der Waals surface area contributed by atoms with Crippen molar-refractivity contribution in [2.75, 3.05) is 24.9 Å². The molecule has 2 amide bonds. The van der Waals surface area contributed by atoms with Crippen LogP contribution in [-0.4, -0.2) is 46.4 Å². The number of rotatable bonds is 10. The maximum absolute atomic E-state index is 12.7. The molecule has 10 heteroatoms. The fraction of sp³-hybridized carbons (Fsp3) is 0.152. The van der Waals surface area contributed by atoms with Crippen molar-refractivity contribution in [3.05, 3.63) is 84.9 Å². The molecule has 0 aliphatic rings. The number of H-pyrrole nitrogens is 2. The number of fused-ring (bicyclic) bond motifs is 2. The molecule has 0 unspecified atom stereocenters. The van der Waals surface area contributed by atoms with Crippen molar-refractivity contribution in [2.24, 2.45) is 0 Å². The summed E-state index contributed by atoms with van der Waals surface area (Å²) in [6, 6.07) is 26.5. The molecule has 0 aliphatic heterocycles. The highest BCUT2D eigenvalue weighted by Crippen LogP contribution is 2.32. The number of anilines is 2. The molecule has 6 rings (SSSR count). The van der Waals surface area contributed by atoms with Gasteiger partial charge in [0, 0.05) is 46.1 Å². The first kappa shape index (κ1) is 27.5. The number of carbonyl (C=O) groups is 2. The lowest BCUT2D eigenvalue weighted by Gasteiger charge is -2.08. The summed E-state index contributed by atoms with van der Waals surface area (Å²) in [6.07, 6.45) is 0.827. The van der Waals surface area contributed by atoms with Crippen LogP contribution in [0, 0.1) is 0 Å². The second kappa shape index (κ2) is 12.1. The predicted molar refractivity (Wildman–Crippen MR) is 167 cm³/mol. The fourth-order valence-corrected chi connectivity index (χ4v) is 5.03. The molecule has 0 atom stereocenters. The van der Waals surface area contributed by atoms with Crippen molar-refractivity contribution in [3.8, 4) is 34.0 Å². The molecule has 2 aromatic heterocycles. The number of carbonyl (C=O) groups excluding carboxylic acids is 2. The third-order valence-corrected chi connectivity index (χ3v) is 7.19. The largest absolute Gasteiger partial charge is 0.497 e. The van der Waals surface area contributed by atoms with E-state index in [0.29, 0.717) is 17.8 Å². The van der Waals surface area contributed by atoms with Gasteiger partial charge in [-0.25, -0.2) is 0 Å². The minimum absolute atomic E-state index is 0.165. The molecule has 0 fully saturated rings. The summed E-state index contributed by atoms with van der Waals surface area (Å²) in [5, 5.41) is 22.7. The topological polar surface area (TPSA) is 134 Å². The van der Waals surface area contributed by atoms with Gasteiger partial charge in [-0.15, -0.1) is 0 Å². The Balaban J connectivity index is 1.04. The molecule has 0 saturated heterocycles. The van der Waals surface area contributed by atoms with Crippen LogP contribution in [0.1, 0.15) is 19.3 Å². The Morgan fingerprint density at radius 3 is 1.56 bits per heavy atom. The average Bonchev–Trinajstić information content (AvgIpc) is 3.65. The molecule has 0 spiro atoms. The van der Waals surface area contributed by atoms with Crippen molar-refractivity contribution in [3.63, 3.8) is 0 Å². The number of nitrogens with one attached hydrogen (secondary N) is 4. The maximum Gasteiger partial charge on any atom is 0.224 e. The van der Waals surface area contributed by atoms with Crippen LogP contribution in [0.5, 0.6) is 11.5 Å². The number of hydrogen-bond acceptors (Lipinski definition) is 6. The van der Waals surface area contributed by atoms with Crippen molar-refractivity contribution < 1.29 is 19.1 Å². The fourth-order valence-electron chi connectivity index (χ4n) is 5.03. The zero-order valence-corrected chi connectivity index (χ0v) is 23.7. The Morgan fingerprint density at radius 1 is 0.651 bits per heavy atom. The van der Waals surface area contributed by atoms with E-state index in [4.69, 9.17) is 9.47 Å². The van der Waals surface area contributed by atoms with Crippen LogP contribution < -0.4 is 20.1 Å². The number of aromatic nitrogens is 4. The van der Waals surface area contributed by atoms with Crippen LogP contribution in [-0.2, 0) is 9.59 Å². The van der Waals surface area contributed by atoms with Gasteiger partial charge in [0.05, 0.1) is 25.3 Å². The molecule has 0 bridgehead atoms. The first-order valence-corrected chi connectivity index (χ1v) is 13.9. The second-order valence-electron chi connectivity index (χ2n) is 10.1. The standard InChI is InChI=1S/C33H30N6O4/c1-42-24-12-14-28-26(18-24)32(38-36-28)20-6-3-8-22(16-20)34-30(40)10-5-11-31(41)35-23-9-4-7-21(17-23)33-27-19-25(43-2)13-15-29(27)37-39-33/h3-4,6-9,12-19H,5,10-11H2,1-2H3,(H,34,40)(H,35,41)(H,36,38)(H,37,39). The molecule has 0 saturated carbocycles. The van der Waals surface area contributed by atoms with Crippen molar-refractivity contribution in [2.45, 2.75) is 19.3 Å². The van der Waals surface area contributed by atoms with Crippen LogP contribution in [0.4, 0.5) is 11.4 Å². The number of aromatic amines is 2. The van der Waals surface area contributed by atoms with Gasteiger partial charge in [0.15, 0.2) is 0 Å². The van der Waals surface area contributed by atoms with Crippen molar-refractivity contribution >= 4 is 45.0 Å². The summed E-state index contributed by atoms with van der Waals surface area (Å²) in [6.45, 7) is 0. The van der Waals surface area contributed by atoms with Crippen LogP contribution in [0.2, 0.25) is 0 Å². The van der Waals surface area contributed by atoms with Gasteiger partial charge in [-0.3, -0.25) is 19.8 Å². The molecule has 216 valence electrons. The van der Waals surface area contributed by atoms with Gasteiger partial charge in [-0.1, -0.05) is 24.3 Å². The van der Waals surface area contributed by atoms with E-state index in [2.05, 4.69) is 31.0 Å². The van der Waals surface area contributed by atoms with Crippen LogP contribution >= 0.6 is 0 Å². The van der Waals surface area contributed by atoms with E-state index in [1.165, 1.54) is 0 Å². The van der Waals surface area contributed by atoms with Gasteiger partial charge in [-0.05, 0) is 67.1 Å². The van der Waals surface area contributed by atoms with E-state index in [1.54, 1.807) is 14.2 Å². The summed E-state index contributed by atoms with van der Waals surface area (Å²) in [5.74, 6) is 1.15. The highest BCUT2D eigenvalue weighted by molar-refractivity contribution is 5.97. The van der Waals surface area contributed by atoms with E-state index in [1.807, 2.05) is 84.9 Å². The minimum atomic E-state index is -0.165. The third kappa shape index (κ3) is 6.03. The summed E-state index contributed by atoms with van der Waals surface area (Å²) < 4.78 is 10.7. The number of benzene rings is 4. The predicted octanol–water partition coefficient (Wildman–Crippen LogP) is 6.54. The van der Waals surface area contributed by atoms with Gasteiger partial charge in [0.1, 0.15) is 22.9 Å². The Kier molecular flexibility index (Phi) is 7.73. The highest BCUT2D eigenvalue weighted by Gasteiger charge is 2.13. The van der Waals surface area contributed by atoms with E-state index in [-0.39, 0.29) is 24.7 Å². The summed E-state index contributed by atoms with van der Waals surface area (Å²) in [4.78, 5) is 25.3. The summed E-state index contributed by atoms with van der Waals surface area (Å²) >= 11 is 0. The number of amides is 2. The lowest BCUT2D eigenvalue weighted by atomic mass is 10.1. The van der Waals surface area contributed by atoms with Crippen LogP contribution in [0.15, 0.2) is 84.9 Å². The van der Waals surface area contributed by atoms with Crippen molar-refractivity contribution in [1.82, 2.24) is 20.4 Å². The second-order valence-corrected chi connectivity index (χ2v) is 10.1. The molecule has 4 N–H and O–H groups in total. The van der Waals surface area contributed by atoms with Crippen LogP contribution in [0.25, 0.3) is 44.3 Å². The molecular formula is C33H30N6O4. The zero-order chi connectivity index (χ0) is 29.8. The maximum atomic E-state index is 12.7. The third-order valence-electron chi connectivity index (χ3n) is 7.19. The van der Waals surface area contributed by atoms with Gasteiger partial charge >= 0.3 is 0 Å². The van der Waals surface area contributed by atoms with Gasteiger partial charge in [0.2, 0.25) is 11.8 Å². The Bertz CT molecular complexity index is 1800. The molecule has 4 aromatic carbocycles. The van der Waals surface area contributed by atoms with Crippen LogP contribution in [0.3, 0.4) is 0 Å². The first-order valence-electron chi connectivity index (χ1n) is 13.9. The normalized spacial score (nSPS) is 11.0. The highest BCUT2D eigenvalue weighted by atomic mass is 16.5. The number of methoxy groups -OCH3 is 2. The smallest absolute Gasteiger partial charge is 0.224 e. The quantitative estimate of drug-likeness (QED) is 0.147. The monoisotopic (exact) mass is 574 g/mol. The molecular weight excluding hydrogens is 544 g/mol. The molecule has 6 aromatic rings. The lowest BCUT2D eigenvalue weighted by molar-refractivity contribution is -0.117. The zero-order valence-electron chi connectivity index (χ0n) is 23.7. The Hall–Kier alpha value is -5.64. The van der Waals surface area contributed by atoms with E-state index in [0.717, 1.165) is 55.8 Å². The van der Waals surface area contributed by atoms with Crippen molar-refractivity contribution in [1.29, 1.82) is 0 Å². The molecule has 0 radical (unpaired) electrons. The van der Waals surface area contributed by atoms with E-state index in [9.17, 15) is 9.59 Å². The van der Waals surface area contributed by atoms with E-state index >= 15 is 0 Å². The molecule has 0 aliphatic carbocycles.